The standard InChI is InChI=1S/C3HBrN3OS/c4-2-6-7-3(9-2)5-1-8/h(H,5,7,8). The van der Waals surface area contributed by atoms with E-state index in [1.165, 1.54) is 17.7 Å². The Morgan fingerprint density at radius 1 is 1.67 bits per heavy atom. The number of carbonyl (C=O) groups excluding carboxylic acids is 1. The van der Waals surface area contributed by atoms with Gasteiger partial charge in [-0.3, -0.25) is 10.1 Å². The van der Waals surface area contributed by atoms with E-state index in [1.54, 1.807) is 0 Å². The normalized spacial score (nSPS) is 9.00. The molecule has 0 fully saturated rings. The van der Waals surface area contributed by atoms with Crippen molar-refractivity contribution in [3.8, 4) is 0 Å². The average molecular weight is 207 g/mol. The SMILES string of the molecule is O=[C]Nc1nnc(Br)s1. The highest BCUT2D eigenvalue weighted by molar-refractivity contribution is 9.11. The summed E-state index contributed by atoms with van der Waals surface area (Å²) in [5.41, 5.74) is 0. The van der Waals surface area contributed by atoms with Crippen molar-refractivity contribution in [1.29, 1.82) is 0 Å². The summed E-state index contributed by atoms with van der Waals surface area (Å²) in [4.78, 5) is 9.67. The van der Waals surface area contributed by atoms with Crippen LogP contribution < -0.4 is 5.32 Å². The monoisotopic (exact) mass is 206 g/mol. The predicted octanol–water partition coefficient (Wildman–Crippen LogP) is 0.780. The van der Waals surface area contributed by atoms with Crippen LogP contribution in [-0.4, -0.2) is 16.6 Å². The van der Waals surface area contributed by atoms with E-state index in [4.69, 9.17) is 0 Å². The summed E-state index contributed by atoms with van der Waals surface area (Å²) in [7, 11) is 0. The van der Waals surface area contributed by atoms with Crippen LogP contribution in [0.15, 0.2) is 3.92 Å². The molecule has 1 aromatic heterocycles. The minimum absolute atomic E-state index is 0.442. The van der Waals surface area contributed by atoms with Gasteiger partial charge in [-0.15, -0.1) is 10.2 Å². The molecule has 0 aliphatic carbocycles. The molecule has 0 saturated heterocycles. The van der Waals surface area contributed by atoms with Crippen LogP contribution in [-0.2, 0) is 4.79 Å². The topological polar surface area (TPSA) is 54.9 Å². The van der Waals surface area contributed by atoms with Crippen LogP contribution in [0.5, 0.6) is 0 Å². The lowest BCUT2D eigenvalue weighted by Crippen LogP contribution is -1.91. The summed E-state index contributed by atoms with van der Waals surface area (Å²) in [5, 5.41) is 9.81. The Labute approximate surface area is 63.4 Å². The number of nitrogens with zero attached hydrogens (tertiary/aromatic N) is 2. The second-order valence-electron chi connectivity index (χ2n) is 1.09. The van der Waals surface area contributed by atoms with Crippen LogP contribution in [0.4, 0.5) is 5.13 Å². The molecule has 6 heteroatoms. The Morgan fingerprint density at radius 3 is 2.89 bits per heavy atom. The fourth-order valence-electron chi connectivity index (χ4n) is 0.299. The molecule has 1 aromatic rings. The van der Waals surface area contributed by atoms with E-state index in [0.717, 1.165) is 0 Å². The number of hydrogen-bond acceptors (Lipinski definition) is 4. The minimum atomic E-state index is 0.442. The molecule has 0 atom stereocenters. The largest absolute Gasteiger partial charge is 0.315 e. The van der Waals surface area contributed by atoms with Crippen molar-refractivity contribution < 1.29 is 4.79 Å². The van der Waals surface area contributed by atoms with Crippen LogP contribution in [0.2, 0.25) is 0 Å². The van der Waals surface area contributed by atoms with Crippen molar-refractivity contribution in [1.82, 2.24) is 10.2 Å². The lowest BCUT2D eigenvalue weighted by Gasteiger charge is -1.79. The van der Waals surface area contributed by atoms with E-state index in [0.29, 0.717) is 9.05 Å². The number of nitrogens with one attached hydrogen (secondary N) is 1. The molecule has 0 aromatic carbocycles. The molecule has 9 heavy (non-hydrogen) atoms. The molecule has 1 rings (SSSR count). The van der Waals surface area contributed by atoms with E-state index in [2.05, 4.69) is 31.4 Å². The zero-order valence-electron chi connectivity index (χ0n) is 4.09. The van der Waals surface area contributed by atoms with Gasteiger partial charge in [0.05, 0.1) is 0 Å². The third kappa shape index (κ3) is 1.72. The molecule has 4 nitrogen and oxygen atoms in total. The summed E-state index contributed by atoms with van der Waals surface area (Å²) >= 11 is 4.31. The number of aromatic nitrogens is 2. The molecule has 0 unspecified atom stereocenters. The molecule has 1 heterocycles. The van der Waals surface area contributed by atoms with Gasteiger partial charge in [0, 0.05) is 0 Å². The van der Waals surface area contributed by atoms with E-state index in [-0.39, 0.29) is 0 Å². The first-order chi connectivity index (χ1) is 4.33. The molecule has 0 bridgehead atoms. The maximum atomic E-state index is 9.67. The summed E-state index contributed by atoms with van der Waals surface area (Å²) in [6.07, 6.45) is 1.48. The Bertz CT molecular complexity index is 213. The van der Waals surface area contributed by atoms with Gasteiger partial charge in [0.25, 0.3) is 0 Å². The zero-order chi connectivity index (χ0) is 6.69. The number of amides is 1. The first-order valence-corrected chi connectivity index (χ1v) is 3.56. The lowest BCUT2D eigenvalue weighted by molar-refractivity contribution is 0.561. The van der Waals surface area contributed by atoms with Crippen molar-refractivity contribution in [2.75, 3.05) is 5.32 Å². The summed E-state index contributed by atoms with van der Waals surface area (Å²) in [6.45, 7) is 0. The van der Waals surface area contributed by atoms with Gasteiger partial charge in [-0.05, 0) is 15.9 Å². The first kappa shape index (κ1) is 6.63. The van der Waals surface area contributed by atoms with Gasteiger partial charge in [0.1, 0.15) is 0 Å². The van der Waals surface area contributed by atoms with Gasteiger partial charge in [0.15, 0.2) is 3.92 Å². The molecule has 0 aliphatic rings. The Kier molecular flexibility index (Phi) is 2.12. The zero-order valence-corrected chi connectivity index (χ0v) is 6.49. The first-order valence-electron chi connectivity index (χ1n) is 1.95. The van der Waals surface area contributed by atoms with Crippen molar-refractivity contribution in [2.45, 2.75) is 0 Å². The third-order valence-electron chi connectivity index (χ3n) is 0.558. The molecular weight excluding hydrogens is 206 g/mol. The minimum Gasteiger partial charge on any atom is -0.292 e. The highest BCUT2D eigenvalue weighted by Crippen LogP contribution is 2.18. The van der Waals surface area contributed by atoms with E-state index >= 15 is 0 Å². The van der Waals surface area contributed by atoms with E-state index in [1.807, 2.05) is 0 Å². The molecule has 1 radical (unpaired) electrons. The fourth-order valence-corrected chi connectivity index (χ4v) is 1.25. The van der Waals surface area contributed by atoms with Gasteiger partial charge in [0.2, 0.25) is 5.13 Å². The predicted molar refractivity (Wildman–Crippen MR) is 36.9 cm³/mol. The van der Waals surface area contributed by atoms with Gasteiger partial charge in [-0.1, -0.05) is 11.3 Å². The Balaban J connectivity index is 2.72. The van der Waals surface area contributed by atoms with Gasteiger partial charge in [-0.2, -0.15) is 0 Å². The molecule has 47 valence electrons. The maximum Gasteiger partial charge on any atom is 0.315 e. The Morgan fingerprint density at radius 2 is 2.44 bits per heavy atom. The fraction of sp³-hybridized carbons (Fsp3) is 0. The van der Waals surface area contributed by atoms with E-state index in [9.17, 15) is 4.79 Å². The van der Waals surface area contributed by atoms with Crippen molar-refractivity contribution in [2.24, 2.45) is 0 Å². The molecule has 0 aliphatic heterocycles. The van der Waals surface area contributed by atoms with E-state index < -0.39 is 0 Å². The summed E-state index contributed by atoms with van der Waals surface area (Å²) in [6, 6.07) is 0. The van der Waals surface area contributed by atoms with Crippen LogP contribution >= 0.6 is 27.3 Å². The van der Waals surface area contributed by atoms with Crippen molar-refractivity contribution >= 4 is 38.8 Å². The highest BCUT2D eigenvalue weighted by atomic mass is 79.9. The van der Waals surface area contributed by atoms with Crippen LogP contribution in [0.1, 0.15) is 0 Å². The second kappa shape index (κ2) is 2.88. The number of anilines is 1. The quantitative estimate of drug-likeness (QED) is 0.729. The smallest absolute Gasteiger partial charge is 0.292 e. The third-order valence-corrected chi connectivity index (χ3v) is 1.83. The molecule has 0 spiro atoms. The van der Waals surface area contributed by atoms with Gasteiger partial charge < -0.3 is 0 Å². The molecule has 0 saturated carbocycles. The average Bonchev–Trinajstić information content (AvgIpc) is 2.17. The van der Waals surface area contributed by atoms with Gasteiger partial charge in [-0.25, -0.2) is 0 Å². The lowest BCUT2D eigenvalue weighted by atomic mass is 11.1. The summed E-state index contributed by atoms with van der Waals surface area (Å²) < 4.78 is 0.639. The number of rotatable bonds is 2. The van der Waals surface area contributed by atoms with Gasteiger partial charge >= 0.3 is 6.41 Å². The van der Waals surface area contributed by atoms with Crippen LogP contribution in [0.3, 0.4) is 0 Å². The second-order valence-corrected chi connectivity index (χ2v) is 3.34. The number of hydrogen-bond donors (Lipinski definition) is 1. The van der Waals surface area contributed by atoms with Crippen LogP contribution in [0, 0.1) is 0 Å². The molecule has 1 N–H and O–H groups in total. The Hall–Kier alpha value is -0.490. The molecule has 1 amide bonds. The maximum absolute atomic E-state index is 9.67. The van der Waals surface area contributed by atoms with Crippen molar-refractivity contribution in [3.05, 3.63) is 3.92 Å². The molecular formula is C3HBrN3OS. The highest BCUT2D eigenvalue weighted by Gasteiger charge is 1.97. The van der Waals surface area contributed by atoms with Crippen LogP contribution in [0.25, 0.3) is 0 Å². The number of halogens is 1. The summed E-state index contributed by atoms with van der Waals surface area (Å²) in [5.74, 6) is 0. The van der Waals surface area contributed by atoms with Crippen molar-refractivity contribution in [3.63, 3.8) is 0 Å².